The molecule has 1 aliphatic rings. The molecular formula is C16H25FIN3OS. The highest BCUT2D eigenvalue weighted by Crippen LogP contribution is 2.16. The average Bonchev–Trinajstić information content (AvgIpc) is 2.54. The lowest BCUT2D eigenvalue weighted by molar-refractivity contribution is 0.223. The molecule has 23 heavy (non-hydrogen) atoms. The summed E-state index contributed by atoms with van der Waals surface area (Å²) in [6.07, 6.45) is 2.41. The van der Waals surface area contributed by atoms with E-state index in [9.17, 15) is 4.39 Å². The minimum atomic E-state index is -0.256. The van der Waals surface area contributed by atoms with Crippen LogP contribution in [0.1, 0.15) is 19.8 Å². The predicted octanol–water partition coefficient (Wildman–Crippen LogP) is 3.27. The van der Waals surface area contributed by atoms with Crippen molar-refractivity contribution in [1.82, 2.24) is 10.6 Å². The van der Waals surface area contributed by atoms with Crippen LogP contribution in [0.2, 0.25) is 0 Å². The molecule has 0 aliphatic carbocycles. The van der Waals surface area contributed by atoms with Crippen LogP contribution < -0.4 is 15.4 Å². The van der Waals surface area contributed by atoms with Crippen LogP contribution in [0, 0.1) is 5.82 Å². The number of hydrogen-bond acceptors (Lipinski definition) is 3. The SMILES string of the molecule is CN=C(NCC(C)Oc1ccc(F)cc1)NC1CCCSC1.I. The molecule has 1 aliphatic heterocycles. The van der Waals surface area contributed by atoms with Crippen molar-refractivity contribution in [3.05, 3.63) is 30.1 Å². The first-order valence-electron chi connectivity index (χ1n) is 7.64. The van der Waals surface area contributed by atoms with Crippen LogP contribution in [-0.2, 0) is 0 Å². The molecule has 1 aromatic rings. The van der Waals surface area contributed by atoms with Crippen LogP contribution in [0.5, 0.6) is 5.75 Å². The van der Waals surface area contributed by atoms with E-state index in [2.05, 4.69) is 15.6 Å². The highest BCUT2D eigenvalue weighted by atomic mass is 127. The number of halogens is 2. The molecule has 130 valence electrons. The van der Waals surface area contributed by atoms with Gasteiger partial charge < -0.3 is 15.4 Å². The van der Waals surface area contributed by atoms with Gasteiger partial charge in [-0.15, -0.1) is 24.0 Å². The van der Waals surface area contributed by atoms with Crippen molar-refractivity contribution < 1.29 is 9.13 Å². The first-order chi connectivity index (χ1) is 10.7. The maximum Gasteiger partial charge on any atom is 0.191 e. The van der Waals surface area contributed by atoms with E-state index in [0.717, 1.165) is 11.7 Å². The maximum absolute atomic E-state index is 12.9. The third-order valence-corrected chi connectivity index (χ3v) is 4.65. The summed E-state index contributed by atoms with van der Waals surface area (Å²) in [6, 6.07) is 6.56. The number of hydrogen-bond donors (Lipinski definition) is 2. The number of benzene rings is 1. The second-order valence-electron chi connectivity index (χ2n) is 5.39. The molecule has 2 unspecified atom stereocenters. The Bertz CT molecular complexity index is 481. The normalized spacial score (nSPS) is 19.4. The van der Waals surface area contributed by atoms with Gasteiger partial charge in [0, 0.05) is 18.8 Å². The molecule has 0 amide bonds. The summed E-state index contributed by atoms with van der Waals surface area (Å²) in [5, 5.41) is 6.72. The van der Waals surface area contributed by atoms with E-state index in [-0.39, 0.29) is 35.9 Å². The summed E-state index contributed by atoms with van der Waals surface area (Å²) in [7, 11) is 1.77. The van der Waals surface area contributed by atoms with Gasteiger partial charge in [-0.3, -0.25) is 4.99 Å². The Morgan fingerprint density at radius 3 is 2.78 bits per heavy atom. The number of nitrogens with one attached hydrogen (secondary N) is 2. The smallest absolute Gasteiger partial charge is 0.191 e. The lowest BCUT2D eigenvalue weighted by Gasteiger charge is -2.25. The van der Waals surface area contributed by atoms with Crippen molar-refractivity contribution >= 4 is 41.7 Å². The van der Waals surface area contributed by atoms with Crippen molar-refractivity contribution in [2.45, 2.75) is 31.9 Å². The number of nitrogens with zero attached hydrogens (tertiary/aromatic N) is 1. The van der Waals surface area contributed by atoms with Gasteiger partial charge in [0.1, 0.15) is 17.7 Å². The van der Waals surface area contributed by atoms with Crippen LogP contribution in [-0.4, -0.2) is 43.2 Å². The Hall–Kier alpha value is -0.700. The first-order valence-corrected chi connectivity index (χ1v) is 8.80. The van der Waals surface area contributed by atoms with Gasteiger partial charge >= 0.3 is 0 Å². The van der Waals surface area contributed by atoms with Crippen molar-refractivity contribution in [3.8, 4) is 5.75 Å². The zero-order valence-electron chi connectivity index (χ0n) is 13.5. The van der Waals surface area contributed by atoms with E-state index in [1.165, 1.54) is 30.7 Å². The number of thioether (sulfide) groups is 1. The van der Waals surface area contributed by atoms with Crippen LogP contribution in [0.15, 0.2) is 29.3 Å². The molecule has 0 spiro atoms. The molecule has 2 atom stereocenters. The van der Waals surface area contributed by atoms with Crippen molar-refractivity contribution in [2.24, 2.45) is 4.99 Å². The van der Waals surface area contributed by atoms with Crippen LogP contribution in [0.25, 0.3) is 0 Å². The van der Waals surface area contributed by atoms with Gasteiger partial charge in [0.25, 0.3) is 0 Å². The van der Waals surface area contributed by atoms with Crippen LogP contribution in [0.3, 0.4) is 0 Å². The van der Waals surface area contributed by atoms with Gasteiger partial charge in [0.2, 0.25) is 0 Å². The maximum atomic E-state index is 12.9. The van der Waals surface area contributed by atoms with E-state index >= 15 is 0 Å². The van der Waals surface area contributed by atoms with E-state index in [4.69, 9.17) is 4.74 Å². The van der Waals surface area contributed by atoms with E-state index < -0.39 is 0 Å². The minimum Gasteiger partial charge on any atom is -0.489 e. The molecule has 0 radical (unpaired) electrons. The van der Waals surface area contributed by atoms with E-state index in [0.29, 0.717) is 18.3 Å². The van der Waals surface area contributed by atoms with E-state index in [1.807, 2.05) is 18.7 Å². The summed E-state index contributed by atoms with van der Waals surface area (Å²) in [6.45, 7) is 2.61. The zero-order valence-corrected chi connectivity index (χ0v) is 16.7. The second kappa shape index (κ2) is 11.0. The Labute approximate surface area is 159 Å². The Morgan fingerprint density at radius 2 is 2.17 bits per heavy atom. The standard InChI is InChI=1S/C16H24FN3OS.HI/c1-12(21-15-7-5-13(17)6-8-15)10-19-16(18-2)20-14-4-3-9-22-11-14;/h5-8,12,14H,3-4,9-11H2,1-2H3,(H2,18,19,20);1H. The van der Waals surface area contributed by atoms with Crippen LogP contribution in [0.4, 0.5) is 4.39 Å². The Kier molecular flexibility index (Phi) is 9.69. The highest BCUT2D eigenvalue weighted by molar-refractivity contribution is 14.0. The molecule has 2 rings (SSSR count). The van der Waals surface area contributed by atoms with Gasteiger partial charge in [-0.1, -0.05) is 0 Å². The fourth-order valence-corrected chi connectivity index (χ4v) is 3.34. The topological polar surface area (TPSA) is 45.7 Å². The summed E-state index contributed by atoms with van der Waals surface area (Å²) in [5.74, 6) is 3.60. The van der Waals surface area contributed by atoms with Crippen molar-refractivity contribution in [3.63, 3.8) is 0 Å². The second-order valence-corrected chi connectivity index (χ2v) is 6.54. The van der Waals surface area contributed by atoms with E-state index in [1.54, 1.807) is 19.2 Å². The number of rotatable bonds is 5. The lowest BCUT2D eigenvalue weighted by Crippen LogP contribution is -2.47. The van der Waals surface area contributed by atoms with Crippen LogP contribution >= 0.6 is 35.7 Å². The van der Waals surface area contributed by atoms with Gasteiger partial charge in [-0.2, -0.15) is 11.8 Å². The summed E-state index contributed by atoms with van der Waals surface area (Å²) in [5.41, 5.74) is 0. The Morgan fingerprint density at radius 1 is 1.43 bits per heavy atom. The molecule has 0 bridgehead atoms. The zero-order chi connectivity index (χ0) is 15.8. The van der Waals surface area contributed by atoms with Crippen molar-refractivity contribution in [1.29, 1.82) is 0 Å². The summed E-state index contributed by atoms with van der Waals surface area (Å²) in [4.78, 5) is 4.25. The van der Waals surface area contributed by atoms with Gasteiger partial charge in [-0.25, -0.2) is 4.39 Å². The molecule has 2 N–H and O–H groups in total. The predicted molar refractivity (Wildman–Crippen MR) is 107 cm³/mol. The number of ether oxygens (including phenoxy) is 1. The van der Waals surface area contributed by atoms with Gasteiger partial charge in [0.05, 0.1) is 6.54 Å². The average molecular weight is 453 g/mol. The molecule has 1 aromatic carbocycles. The highest BCUT2D eigenvalue weighted by Gasteiger charge is 2.15. The molecule has 1 fully saturated rings. The van der Waals surface area contributed by atoms with Gasteiger partial charge in [-0.05, 0) is 49.8 Å². The minimum absolute atomic E-state index is 0. The number of aliphatic imine (C=N–C) groups is 1. The fourth-order valence-electron chi connectivity index (χ4n) is 2.27. The Balaban J connectivity index is 0.00000264. The molecule has 7 heteroatoms. The van der Waals surface area contributed by atoms with Crippen molar-refractivity contribution in [2.75, 3.05) is 25.1 Å². The molecular weight excluding hydrogens is 428 g/mol. The molecule has 1 saturated heterocycles. The quantitative estimate of drug-likeness (QED) is 0.408. The third-order valence-electron chi connectivity index (χ3n) is 3.43. The summed E-state index contributed by atoms with van der Waals surface area (Å²) < 4.78 is 18.6. The molecule has 0 aromatic heterocycles. The molecule has 1 heterocycles. The lowest BCUT2D eigenvalue weighted by atomic mass is 10.2. The third kappa shape index (κ3) is 7.60. The first kappa shape index (κ1) is 20.3. The number of guanidine groups is 1. The largest absolute Gasteiger partial charge is 0.489 e. The molecule has 4 nitrogen and oxygen atoms in total. The summed E-state index contributed by atoms with van der Waals surface area (Å²) >= 11 is 1.98. The molecule has 0 saturated carbocycles. The van der Waals surface area contributed by atoms with Gasteiger partial charge in [0.15, 0.2) is 5.96 Å². The fraction of sp³-hybridized carbons (Fsp3) is 0.562. The monoisotopic (exact) mass is 453 g/mol.